The van der Waals surface area contributed by atoms with Gasteiger partial charge in [-0.1, -0.05) is 12.2 Å². The molecule has 0 saturated carbocycles. The quantitative estimate of drug-likeness (QED) is 0.455. The van der Waals surface area contributed by atoms with Gasteiger partial charge in [-0.2, -0.15) is 0 Å². The van der Waals surface area contributed by atoms with Crippen molar-refractivity contribution in [1.82, 2.24) is 0 Å². The Labute approximate surface area is 69.9 Å². The van der Waals surface area contributed by atoms with Crippen LogP contribution in [0, 0.1) is 0 Å². The maximum Gasteiger partial charge on any atom is 0.241 e. The number of hydrogen-bond acceptors (Lipinski definition) is 1. The molecule has 0 heterocycles. The van der Waals surface area contributed by atoms with Crippen molar-refractivity contribution in [3.05, 3.63) is 24.0 Å². The van der Waals surface area contributed by atoms with Gasteiger partial charge in [0.05, 0.1) is 5.76 Å². The summed E-state index contributed by atoms with van der Waals surface area (Å²) >= 11 is 0. The van der Waals surface area contributed by atoms with Crippen LogP contribution in [0.5, 0.6) is 0 Å². The molecule has 0 fully saturated rings. The van der Waals surface area contributed by atoms with E-state index in [0.29, 0.717) is 0 Å². The summed E-state index contributed by atoms with van der Waals surface area (Å²) in [6.07, 6.45) is 8.56. The Kier molecular flexibility index (Phi) is 2.55. The van der Waals surface area contributed by atoms with Gasteiger partial charge in [0.2, 0.25) is 8.32 Å². The first kappa shape index (κ1) is 8.59. The normalized spacial score (nSPS) is 17.9. The number of rotatable bonds is 2. The molecule has 0 unspecified atom stereocenters. The van der Waals surface area contributed by atoms with E-state index in [1.165, 1.54) is 5.76 Å². The molecule has 62 valence electrons. The maximum atomic E-state index is 5.83. The lowest BCUT2D eigenvalue weighted by Crippen LogP contribution is -2.24. The van der Waals surface area contributed by atoms with Crippen molar-refractivity contribution in [1.29, 1.82) is 0 Å². The molecule has 2 heteroatoms. The van der Waals surface area contributed by atoms with Gasteiger partial charge < -0.3 is 4.43 Å². The van der Waals surface area contributed by atoms with Crippen LogP contribution in [0.3, 0.4) is 0 Å². The van der Waals surface area contributed by atoms with Crippen LogP contribution >= 0.6 is 0 Å². The molecular formula is C9H16OSi. The Hall–Kier alpha value is -0.503. The van der Waals surface area contributed by atoms with Crippen molar-refractivity contribution in [2.75, 3.05) is 0 Å². The van der Waals surface area contributed by atoms with Crippen molar-refractivity contribution in [2.24, 2.45) is 0 Å². The van der Waals surface area contributed by atoms with Crippen LogP contribution < -0.4 is 0 Å². The highest BCUT2D eigenvalue weighted by Gasteiger charge is 2.17. The van der Waals surface area contributed by atoms with Crippen molar-refractivity contribution in [2.45, 2.75) is 32.5 Å². The molecule has 0 radical (unpaired) electrons. The third-order valence-electron chi connectivity index (χ3n) is 1.40. The monoisotopic (exact) mass is 168 g/mol. The Morgan fingerprint density at radius 1 is 1.27 bits per heavy atom. The molecule has 0 saturated heterocycles. The molecule has 0 N–H and O–H groups in total. The maximum absolute atomic E-state index is 5.83. The highest BCUT2D eigenvalue weighted by Crippen LogP contribution is 2.17. The lowest BCUT2D eigenvalue weighted by molar-refractivity contribution is 0.408. The molecule has 0 amide bonds. The third-order valence-corrected chi connectivity index (χ3v) is 2.28. The van der Waals surface area contributed by atoms with Crippen LogP contribution in [0.25, 0.3) is 0 Å². The molecular weight excluding hydrogens is 152 g/mol. The zero-order valence-electron chi connectivity index (χ0n) is 7.55. The fourth-order valence-corrected chi connectivity index (χ4v) is 2.01. The highest BCUT2D eigenvalue weighted by atomic mass is 28.4. The van der Waals surface area contributed by atoms with Gasteiger partial charge in [-0.25, -0.2) is 0 Å². The van der Waals surface area contributed by atoms with E-state index in [4.69, 9.17) is 4.43 Å². The summed E-state index contributed by atoms with van der Waals surface area (Å²) in [6, 6.07) is 0. The predicted molar refractivity (Wildman–Crippen MR) is 50.9 cm³/mol. The van der Waals surface area contributed by atoms with Crippen molar-refractivity contribution in [3.8, 4) is 0 Å². The Morgan fingerprint density at radius 2 is 2.00 bits per heavy atom. The second-order valence-corrected chi connectivity index (χ2v) is 8.22. The smallest absolute Gasteiger partial charge is 0.241 e. The summed E-state index contributed by atoms with van der Waals surface area (Å²) in [5, 5.41) is 0. The van der Waals surface area contributed by atoms with Gasteiger partial charge in [-0.15, -0.1) is 0 Å². The average molecular weight is 168 g/mol. The van der Waals surface area contributed by atoms with Crippen LogP contribution in [0.1, 0.15) is 12.8 Å². The first-order chi connectivity index (χ1) is 5.08. The summed E-state index contributed by atoms with van der Waals surface area (Å²) in [4.78, 5) is 0. The highest BCUT2D eigenvalue weighted by molar-refractivity contribution is 6.70. The minimum atomic E-state index is -1.35. The van der Waals surface area contributed by atoms with E-state index >= 15 is 0 Å². The van der Waals surface area contributed by atoms with Gasteiger partial charge in [0, 0.05) is 6.42 Å². The van der Waals surface area contributed by atoms with Crippen molar-refractivity contribution >= 4 is 8.32 Å². The van der Waals surface area contributed by atoms with Gasteiger partial charge in [-0.05, 0) is 32.1 Å². The van der Waals surface area contributed by atoms with Gasteiger partial charge in [0.15, 0.2) is 0 Å². The molecule has 0 aliphatic heterocycles. The number of allylic oxidation sites excluding steroid dienone is 3. The zero-order chi connectivity index (χ0) is 8.32. The van der Waals surface area contributed by atoms with Gasteiger partial charge >= 0.3 is 0 Å². The predicted octanol–water partition coefficient (Wildman–Crippen LogP) is 3.07. The van der Waals surface area contributed by atoms with E-state index in [9.17, 15) is 0 Å². The minimum absolute atomic E-state index is 0.990. The van der Waals surface area contributed by atoms with E-state index in [1.807, 2.05) is 0 Å². The van der Waals surface area contributed by atoms with Crippen LogP contribution in [-0.2, 0) is 4.43 Å². The van der Waals surface area contributed by atoms with E-state index in [1.54, 1.807) is 0 Å². The molecule has 0 atom stereocenters. The van der Waals surface area contributed by atoms with E-state index in [-0.39, 0.29) is 0 Å². The molecule has 0 spiro atoms. The van der Waals surface area contributed by atoms with Crippen LogP contribution in [0.4, 0.5) is 0 Å². The molecule has 0 aromatic rings. The second-order valence-electron chi connectivity index (χ2n) is 3.80. The van der Waals surface area contributed by atoms with Crippen LogP contribution in [0.15, 0.2) is 24.0 Å². The first-order valence-corrected chi connectivity index (χ1v) is 7.52. The molecule has 1 rings (SSSR count). The Bertz CT molecular complexity index is 186. The molecule has 0 aromatic carbocycles. The molecule has 0 bridgehead atoms. The van der Waals surface area contributed by atoms with Crippen molar-refractivity contribution < 1.29 is 4.43 Å². The van der Waals surface area contributed by atoms with Crippen molar-refractivity contribution in [3.63, 3.8) is 0 Å². The third kappa shape index (κ3) is 3.42. The van der Waals surface area contributed by atoms with Crippen LogP contribution in [-0.4, -0.2) is 8.32 Å². The fourth-order valence-electron chi connectivity index (χ4n) is 1.06. The summed E-state index contributed by atoms with van der Waals surface area (Å²) in [5.41, 5.74) is 0. The van der Waals surface area contributed by atoms with E-state index in [2.05, 4.69) is 37.9 Å². The lowest BCUT2D eigenvalue weighted by atomic mass is 10.2. The molecule has 1 nitrogen and oxygen atoms in total. The summed E-state index contributed by atoms with van der Waals surface area (Å²) in [7, 11) is -1.35. The molecule has 0 aromatic heterocycles. The lowest BCUT2D eigenvalue weighted by Gasteiger charge is -2.22. The Balaban J connectivity index is 2.44. The van der Waals surface area contributed by atoms with E-state index in [0.717, 1.165) is 12.8 Å². The topological polar surface area (TPSA) is 9.23 Å². The minimum Gasteiger partial charge on any atom is -0.547 e. The molecule has 1 aliphatic carbocycles. The molecule has 11 heavy (non-hydrogen) atoms. The van der Waals surface area contributed by atoms with Gasteiger partial charge in [0.25, 0.3) is 0 Å². The summed E-state index contributed by atoms with van der Waals surface area (Å²) < 4.78 is 5.83. The first-order valence-electron chi connectivity index (χ1n) is 4.11. The molecule has 1 aliphatic rings. The van der Waals surface area contributed by atoms with Gasteiger partial charge in [0.1, 0.15) is 0 Å². The zero-order valence-corrected chi connectivity index (χ0v) is 8.55. The number of hydrogen-bond donors (Lipinski definition) is 0. The van der Waals surface area contributed by atoms with Gasteiger partial charge in [-0.3, -0.25) is 0 Å². The largest absolute Gasteiger partial charge is 0.547 e. The standard InChI is InChI=1S/C9H16OSi/c1-11(2,3)10-9-7-5-4-6-8-9/h4-5,8H,6-7H2,1-3H3. The van der Waals surface area contributed by atoms with Crippen LogP contribution in [0.2, 0.25) is 19.6 Å². The fraction of sp³-hybridized carbons (Fsp3) is 0.556. The average Bonchev–Trinajstić information content (AvgIpc) is 1.85. The van der Waals surface area contributed by atoms with E-state index < -0.39 is 8.32 Å². The summed E-state index contributed by atoms with van der Waals surface area (Å²) in [5.74, 6) is 1.17. The SMILES string of the molecule is C[Si](C)(C)OC1=CCC=CC1. The summed E-state index contributed by atoms with van der Waals surface area (Å²) in [6.45, 7) is 6.64. The second kappa shape index (κ2) is 3.26. The Morgan fingerprint density at radius 3 is 2.45 bits per heavy atom.